The lowest BCUT2D eigenvalue weighted by atomic mass is 9.98. The van der Waals surface area contributed by atoms with Crippen molar-refractivity contribution in [3.8, 4) is 0 Å². The van der Waals surface area contributed by atoms with E-state index in [0.717, 1.165) is 12.1 Å². The topological polar surface area (TPSA) is 26.0 Å². The van der Waals surface area contributed by atoms with Gasteiger partial charge in [-0.1, -0.05) is 6.92 Å². The highest BCUT2D eigenvalue weighted by molar-refractivity contribution is 7.99. The summed E-state index contributed by atoms with van der Waals surface area (Å²) in [5, 5.41) is 0.138. The first-order valence-electron chi connectivity index (χ1n) is 4.45. The maximum atomic E-state index is 13.4. The molecule has 1 aliphatic rings. The van der Waals surface area contributed by atoms with Gasteiger partial charge in [0.2, 0.25) is 0 Å². The number of rotatable bonds is 0. The Morgan fingerprint density at radius 2 is 2.00 bits per heavy atom. The zero-order chi connectivity index (χ0) is 10.3. The molecule has 2 unspecified atom stereocenters. The average molecular weight is 215 g/mol. The zero-order valence-corrected chi connectivity index (χ0v) is 8.57. The Morgan fingerprint density at radius 3 is 2.71 bits per heavy atom. The summed E-state index contributed by atoms with van der Waals surface area (Å²) in [6.45, 7) is 1.93. The van der Waals surface area contributed by atoms with Crippen molar-refractivity contribution in [2.75, 3.05) is 0 Å². The van der Waals surface area contributed by atoms with Gasteiger partial charge in [0.1, 0.15) is 11.6 Å². The lowest BCUT2D eigenvalue weighted by Crippen LogP contribution is -2.27. The predicted octanol–water partition coefficient (Wildman–Crippen LogP) is 2.60. The minimum absolute atomic E-state index is 0.138. The first-order chi connectivity index (χ1) is 6.61. The molecule has 0 aliphatic carbocycles. The number of fused-ring (bicyclic) bond motifs is 1. The van der Waals surface area contributed by atoms with Crippen molar-refractivity contribution in [3.63, 3.8) is 0 Å². The van der Waals surface area contributed by atoms with E-state index in [0.29, 0.717) is 16.9 Å². The minimum Gasteiger partial charge on any atom is -0.323 e. The van der Waals surface area contributed by atoms with Gasteiger partial charge in [-0.3, -0.25) is 0 Å². The Bertz CT molecular complexity index is 367. The highest BCUT2D eigenvalue weighted by atomic mass is 32.2. The molecule has 0 saturated carbocycles. The summed E-state index contributed by atoms with van der Waals surface area (Å²) in [5.74, 6) is -0.231. The molecular formula is C10H11F2NS. The molecule has 0 radical (unpaired) electrons. The van der Waals surface area contributed by atoms with Crippen molar-refractivity contribution in [1.29, 1.82) is 0 Å². The molecule has 2 atom stereocenters. The molecule has 1 aromatic carbocycles. The SMILES string of the molecule is CC1SCc2c(F)ccc(F)c2C1N. The fraction of sp³-hybridized carbons (Fsp3) is 0.400. The number of nitrogens with two attached hydrogens (primary N) is 1. The largest absolute Gasteiger partial charge is 0.323 e. The van der Waals surface area contributed by atoms with Gasteiger partial charge in [-0.15, -0.1) is 0 Å². The van der Waals surface area contributed by atoms with E-state index < -0.39 is 6.04 Å². The summed E-state index contributed by atoms with van der Waals surface area (Å²) in [7, 11) is 0. The number of thioether (sulfide) groups is 1. The first kappa shape index (κ1) is 9.93. The normalized spacial score (nSPS) is 26.0. The summed E-state index contributed by atoms with van der Waals surface area (Å²) in [6.07, 6.45) is 0. The minimum atomic E-state index is -0.403. The Hall–Kier alpha value is -0.610. The summed E-state index contributed by atoms with van der Waals surface area (Å²) in [5.41, 5.74) is 6.62. The summed E-state index contributed by atoms with van der Waals surface area (Å²) >= 11 is 1.56. The molecule has 76 valence electrons. The molecule has 1 nitrogen and oxygen atoms in total. The molecule has 4 heteroatoms. The molecule has 1 heterocycles. The van der Waals surface area contributed by atoms with Crippen LogP contribution in [-0.2, 0) is 5.75 Å². The summed E-state index contributed by atoms with van der Waals surface area (Å²) < 4.78 is 26.7. The Morgan fingerprint density at radius 1 is 1.36 bits per heavy atom. The van der Waals surface area contributed by atoms with Gasteiger partial charge in [0, 0.05) is 28.2 Å². The lowest BCUT2D eigenvalue weighted by molar-refractivity contribution is 0.546. The zero-order valence-electron chi connectivity index (χ0n) is 7.76. The van der Waals surface area contributed by atoms with E-state index in [9.17, 15) is 8.78 Å². The van der Waals surface area contributed by atoms with Crippen LogP contribution in [0.4, 0.5) is 8.78 Å². The summed E-state index contributed by atoms with van der Waals surface area (Å²) in [6, 6.07) is 1.91. The van der Waals surface area contributed by atoms with Crippen molar-refractivity contribution in [2.24, 2.45) is 5.73 Å². The van der Waals surface area contributed by atoms with E-state index >= 15 is 0 Å². The van der Waals surface area contributed by atoms with E-state index in [4.69, 9.17) is 5.73 Å². The third-order valence-corrected chi connectivity index (χ3v) is 3.85. The molecule has 1 aromatic rings. The average Bonchev–Trinajstić information content (AvgIpc) is 2.16. The van der Waals surface area contributed by atoms with Gasteiger partial charge in [-0.05, 0) is 12.1 Å². The second kappa shape index (κ2) is 3.51. The van der Waals surface area contributed by atoms with Gasteiger partial charge < -0.3 is 5.73 Å². The molecule has 2 rings (SSSR count). The van der Waals surface area contributed by atoms with E-state index in [1.165, 1.54) is 0 Å². The van der Waals surface area contributed by atoms with Gasteiger partial charge in [0.05, 0.1) is 0 Å². The third-order valence-electron chi connectivity index (χ3n) is 2.58. The van der Waals surface area contributed by atoms with E-state index in [2.05, 4.69) is 0 Å². The van der Waals surface area contributed by atoms with Crippen LogP contribution in [0.2, 0.25) is 0 Å². The van der Waals surface area contributed by atoms with Crippen LogP contribution in [0.1, 0.15) is 24.1 Å². The molecule has 0 spiro atoms. The van der Waals surface area contributed by atoms with Crippen LogP contribution in [0, 0.1) is 11.6 Å². The maximum absolute atomic E-state index is 13.4. The van der Waals surface area contributed by atoms with E-state index in [-0.39, 0.29) is 16.9 Å². The highest BCUT2D eigenvalue weighted by Gasteiger charge is 2.28. The van der Waals surface area contributed by atoms with Gasteiger partial charge in [-0.2, -0.15) is 11.8 Å². The van der Waals surface area contributed by atoms with Crippen molar-refractivity contribution >= 4 is 11.8 Å². The molecular weight excluding hydrogens is 204 g/mol. The monoisotopic (exact) mass is 215 g/mol. The van der Waals surface area contributed by atoms with Crippen LogP contribution in [0.3, 0.4) is 0 Å². The highest BCUT2D eigenvalue weighted by Crippen LogP contribution is 2.38. The van der Waals surface area contributed by atoms with Crippen LogP contribution in [0.5, 0.6) is 0 Å². The molecule has 0 aromatic heterocycles. The molecule has 0 bridgehead atoms. The first-order valence-corrected chi connectivity index (χ1v) is 5.50. The van der Waals surface area contributed by atoms with E-state index in [1.807, 2.05) is 6.92 Å². The van der Waals surface area contributed by atoms with Crippen molar-refractivity contribution < 1.29 is 8.78 Å². The maximum Gasteiger partial charge on any atom is 0.128 e. The Balaban J connectivity index is 2.58. The third kappa shape index (κ3) is 1.42. The smallest absolute Gasteiger partial charge is 0.128 e. The molecule has 1 aliphatic heterocycles. The van der Waals surface area contributed by atoms with Gasteiger partial charge in [0.15, 0.2) is 0 Å². The fourth-order valence-electron chi connectivity index (χ4n) is 1.67. The molecule has 0 fully saturated rings. The Labute approximate surface area is 85.7 Å². The molecule has 0 amide bonds. The van der Waals surface area contributed by atoms with Gasteiger partial charge in [-0.25, -0.2) is 8.78 Å². The fourth-order valence-corrected chi connectivity index (χ4v) is 2.74. The molecule has 0 saturated heterocycles. The van der Waals surface area contributed by atoms with Gasteiger partial charge in [0.25, 0.3) is 0 Å². The standard InChI is InChI=1S/C10H11F2NS/c1-5-10(13)9-6(4-14-5)7(11)2-3-8(9)12/h2-3,5,10H,4,13H2,1H3. The van der Waals surface area contributed by atoms with Crippen molar-refractivity contribution in [2.45, 2.75) is 24.0 Å². The van der Waals surface area contributed by atoms with Crippen LogP contribution in [-0.4, -0.2) is 5.25 Å². The lowest BCUT2D eigenvalue weighted by Gasteiger charge is -2.28. The van der Waals surface area contributed by atoms with Crippen molar-refractivity contribution in [1.82, 2.24) is 0 Å². The number of hydrogen-bond donors (Lipinski definition) is 1. The van der Waals surface area contributed by atoms with Crippen LogP contribution in [0.25, 0.3) is 0 Å². The van der Waals surface area contributed by atoms with Crippen LogP contribution >= 0.6 is 11.8 Å². The molecule has 2 N–H and O–H groups in total. The predicted molar refractivity (Wildman–Crippen MR) is 54.0 cm³/mol. The number of halogens is 2. The van der Waals surface area contributed by atoms with Crippen LogP contribution < -0.4 is 5.73 Å². The molecule has 14 heavy (non-hydrogen) atoms. The van der Waals surface area contributed by atoms with Gasteiger partial charge >= 0.3 is 0 Å². The second-order valence-corrected chi connectivity index (χ2v) is 4.83. The van der Waals surface area contributed by atoms with Crippen LogP contribution in [0.15, 0.2) is 12.1 Å². The number of benzene rings is 1. The summed E-state index contributed by atoms with van der Waals surface area (Å²) in [4.78, 5) is 0. The van der Waals surface area contributed by atoms with E-state index in [1.54, 1.807) is 11.8 Å². The second-order valence-electron chi connectivity index (χ2n) is 3.46. The van der Waals surface area contributed by atoms with Crippen molar-refractivity contribution in [3.05, 3.63) is 34.9 Å². The quantitative estimate of drug-likeness (QED) is 0.720. The number of hydrogen-bond acceptors (Lipinski definition) is 2. The Kier molecular flexibility index (Phi) is 2.49.